The van der Waals surface area contributed by atoms with E-state index in [2.05, 4.69) is 46.7 Å². The van der Waals surface area contributed by atoms with E-state index in [1.54, 1.807) is 0 Å². The second-order valence-corrected chi connectivity index (χ2v) is 8.46. The minimum absolute atomic E-state index is 0.169. The highest BCUT2D eigenvalue weighted by atomic mass is 32.2. The van der Waals surface area contributed by atoms with Crippen molar-refractivity contribution < 1.29 is 0 Å². The molecular formula is C19H29N5S. The van der Waals surface area contributed by atoms with E-state index in [4.69, 9.17) is 0 Å². The van der Waals surface area contributed by atoms with Crippen LogP contribution in [0.5, 0.6) is 0 Å². The summed E-state index contributed by atoms with van der Waals surface area (Å²) >= 11 is 1.84. The third kappa shape index (κ3) is 5.57. The summed E-state index contributed by atoms with van der Waals surface area (Å²) in [6, 6.07) is 10.5. The Labute approximate surface area is 155 Å². The van der Waals surface area contributed by atoms with E-state index in [-0.39, 0.29) is 4.75 Å². The Balaban J connectivity index is 1.97. The summed E-state index contributed by atoms with van der Waals surface area (Å²) in [5, 5.41) is 16.3. The van der Waals surface area contributed by atoms with Gasteiger partial charge in [0.15, 0.2) is 5.96 Å². The third-order valence-corrected chi connectivity index (χ3v) is 5.83. The van der Waals surface area contributed by atoms with Crippen LogP contribution in [0.15, 0.2) is 29.3 Å². The van der Waals surface area contributed by atoms with Gasteiger partial charge in [0.1, 0.15) is 6.07 Å². The molecule has 1 fully saturated rings. The largest absolute Gasteiger partial charge is 0.368 e. The lowest BCUT2D eigenvalue weighted by atomic mass is 10.0. The van der Waals surface area contributed by atoms with Gasteiger partial charge in [-0.3, -0.25) is 4.99 Å². The monoisotopic (exact) mass is 359 g/mol. The van der Waals surface area contributed by atoms with E-state index in [9.17, 15) is 5.26 Å². The fraction of sp³-hybridized carbons (Fsp3) is 0.579. The van der Waals surface area contributed by atoms with Gasteiger partial charge in [0, 0.05) is 37.5 Å². The van der Waals surface area contributed by atoms with E-state index in [1.807, 2.05) is 43.1 Å². The molecule has 0 bridgehead atoms. The Morgan fingerprint density at radius 2 is 2.20 bits per heavy atom. The number of aliphatic imine (C=N–C) groups is 1. The number of nitrogens with one attached hydrogen (secondary N) is 2. The van der Waals surface area contributed by atoms with Crippen LogP contribution in [0, 0.1) is 11.3 Å². The van der Waals surface area contributed by atoms with Crippen molar-refractivity contribution in [3.8, 4) is 6.07 Å². The number of rotatable bonds is 5. The first-order chi connectivity index (χ1) is 12.0. The molecule has 0 spiro atoms. The standard InChI is InChI=1S/C19H29N5S/c1-19(2,25-4)14-22-18(21-3)23-16-9-7-11-24(13-16)17-10-6-5-8-15(17)12-20/h5-6,8,10,16H,7,9,11,13-14H2,1-4H3,(H2,21,22,23). The van der Waals surface area contributed by atoms with Crippen LogP contribution in [0.4, 0.5) is 5.69 Å². The molecule has 0 aromatic heterocycles. The van der Waals surface area contributed by atoms with Crippen molar-refractivity contribution in [2.45, 2.75) is 37.5 Å². The molecule has 25 heavy (non-hydrogen) atoms. The van der Waals surface area contributed by atoms with Gasteiger partial charge in [-0.2, -0.15) is 17.0 Å². The van der Waals surface area contributed by atoms with Gasteiger partial charge in [0.05, 0.1) is 11.3 Å². The Bertz CT molecular complexity index is 635. The first kappa shape index (κ1) is 19.5. The summed E-state index contributed by atoms with van der Waals surface area (Å²) in [5.41, 5.74) is 1.77. The number of anilines is 1. The summed E-state index contributed by atoms with van der Waals surface area (Å²) in [4.78, 5) is 6.67. The molecule has 1 heterocycles. The summed E-state index contributed by atoms with van der Waals surface area (Å²) in [6.45, 7) is 7.17. The number of para-hydroxylation sites is 1. The predicted octanol–water partition coefficient (Wildman–Crippen LogP) is 2.83. The molecule has 6 heteroatoms. The van der Waals surface area contributed by atoms with E-state index >= 15 is 0 Å². The highest BCUT2D eigenvalue weighted by Gasteiger charge is 2.23. The third-order valence-electron chi connectivity index (χ3n) is 4.59. The van der Waals surface area contributed by atoms with E-state index < -0.39 is 0 Å². The first-order valence-electron chi connectivity index (χ1n) is 8.75. The van der Waals surface area contributed by atoms with Crippen LogP contribution in [0.25, 0.3) is 0 Å². The molecule has 1 aromatic rings. The predicted molar refractivity (Wildman–Crippen MR) is 108 cm³/mol. The average molecular weight is 360 g/mol. The van der Waals surface area contributed by atoms with Crippen LogP contribution >= 0.6 is 11.8 Å². The van der Waals surface area contributed by atoms with Gasteiger partial charge in [-0.15, -0.1) is 0 Å². The van der Waals surface area contributed by atoms with Crippen LogP contribution in [-0.2, 0) is 0 Å². The van der Waals surface area contributed by atoms with Gasteiger partial charge >= 0.3 is 0 Å². The minimum Gasteiger partial charge on any atom is -0.368 e. The lowest BCUT2D eigenvalue weighted by Gasteiger charge is -2.36. The van der Waals surface area contributed by atoms with E-state index in [0.717, 1.165) is 49.7 Å². The normalized spacial score (nSPS) is 18.6. The molecule has 1 aromatic carbocycles. The van der Waals surface area contributed by atoms with Crippen molar-refractivity contribution in [1.82, 2.24) is 10.6 Å². The zero-order valence-corrected chi connectivity index (χ0v) is 16.5. The number of piperidine rings is 1. The number of benzene rings is 1. The van der Waals surface area contributed by atoms with Crippen molar-refractivity contribution in [3.63, 3.8) is 0 Å². The highest BCUT2D eigenvalue weighted by Crippen LogP contribution is 2.23. The molecule has 0 aliphatic carbocycles. The van der Waals surface area contributed by atoms with Crippen molar-refractivity contribution in [2.24, 2.45) is 4.99 Å². The summed E-state index contributed by atoms with van der Waals surface area (Å²) in [5.74, 6) is 0.850. The van der Waals surface area contributed by atoms with Gasteiger partial charge in [-0.05, 0) is 45.1 Å². The lowest BCUT2D eigenvalue weighted by Crippen LogP contribution is -2.52. The molecule has 5 nitrogen and oxygen atoms in total. The summed E-state index contributed by atoms with van der Waals surface area (Å²) in [6.07, 6.45) is 4.34. The molecule has 1 atom stereocenters. The number of nitriles is 1. The second-order valence-electron chi connectivity index (χ2n) is 6.95. The smallest absolute Gasteiger partial charge is 0.191 e. The molecule has 2 rings (SSSR count). The zero-order chi connectivity index (χ0) is 18.3. The summed E-state index contributed by atoms with van der Waals surface area (Å²) in [7, 11) is 1.81. The maximum atomic E-state index is 9.34. The quantitative estimate of drug-likeness (QED) is 0.625. The van der Waals surface area contributed by atoms with Crippen molar-refractivity contribution in [1.29, 1.82) is 5.26 Å². The van der Waals surface area contributed by atoms with Crippen LogP contribution in [-0.4, -0.2) is 49.7 Å². The molecule has 136 valence electrons. The molecule has 0 amide bonds. The van der Waals surface area contributed by atoms with Crippen molar-refractivity contribution >= 4 is 23.4 Å². The second kappa shape index (κ2) is 9.00. The van der Waals surface area contributed by atoms with E-state index in [0.29, 0.717) is 6.04 Å². The molecule has 2 N–H and O–H groups in total. The Kier molecular flexibility index (Phi) is 7.01. The highest BCUT2D eigenvalue weighted by molar-refractivity contribution is 7.99. The minimum atomic E-state index is 0.169. The maximum Gasteiger partial charge on any atom is 0.191 e. The molecule has 1 saturated heterocycles. The zero-order valence-electron chi connectivity index (χ0n) is 15.7. The molecule has 1 aliphatic heterocycles. The topological polar surface area (TPSA) is 63.5 Å². The number of nitrogens with zero attached hydrogens (tertiary/aromatic N) is 3. The van der Waals surface area contributed by atoms with Crippen LogP contribution in [0.1, 0.15) is 32.3 Å². The van der Waals surface area contributed by atoms with Crippen LogP contribution in [0.3, 0.4) is 0 Å². The maximum absolute atomic E-state index is 9.34. The van der Waals surface area contributed by atoms with Crippen molar-refractivity contribution in [3.05, 3.63) is 29.8 Å². The number of hydrogen-bond acceptors (Lipinski definition) is 4. The van der Waals surface area contributed by atoms with Gasteiger partial charge in [0.2, 0.25) is 0 Å². The molecule has 0 saturated carbocycles. The van der Waals surface area contributed by atoms with E-state index in [1.165, 1.54) is 0 Å². The molecular weight excluding hydrogens is 330 g/mol. The first-order valence-corrected chi connectivity index (χ1v) is 9.98. The van der Waals surface area contributed by atoms with Gasteiger partial charge < -0.3 is 15.5 Å². The van der Waals surface area contributed by atoms with Gasteiger partial charge in [-0.1, -0.05) is 12.1 Å². The fourth-order valence-corrected chi connectivity index (χ4v) is 3.13. The number of thioether (sulfide) groups is 1. The van der Waals surface area contributed by atoms with Crippen LogP contribution < -0.4 is 15.5 Å². The average Bonchev–Trinajstić information content (AvgIpc) is 2.65. The van der Waals surface area contributed by atoms with Crippen molar-refractivity contribution in [2.75, 3.05) is 37.8 Å². The Hall–Kier alpha value is -1.87. The molecule has 0 radical (unpaired) electrons. The SMILES string of the molecule is CN=C(NCC(C)(C)SC)NC1CCCN(c2ccccc2C#N)C1. The summed E-state index contributed by atoms with van der Waals surface area (Å²) < 4.78 is 0.169. The van der Waals surface area contributed by atoms with Gasteiger partial charge in [0.25, 0.3) is 0 Å². The fourth-order valence-electron chi connectivity index (χ4n) is 2.91. The number of hydrogen-bond donors (Lipinski definition) is 2. The Morgan fingerprint density at radius 3 is 2.88 bits per heavy atom. The van der Waals surface area contributed by atoms with Gasteiger partial charge in [-0.25, -0.2) is 0 Å². The molecule has 1 aliphatic rings. The molecule has 1 unspecified atom stereocenters. The Morgan fingerprint density at radius 1 is 1.44 bits per heavy atom. The number of guanidine groups is 1. The lowest BCUT2D eigenvalue weighted by molar-refractivity contribution is 0.467. The van der Waals surface area contributed by atoms with Crippen LogP contribution in [0.2, 0.25) is 0 Å².